The van der Waals surface area contributed by atoms with Crippen molar-refractivity contribution in [3.05, 3.63) is 70.8 Å². The molecule has 1 aliphatic rings. The molecule has 0 atom stereocenters. The van der Waals surface area contributed by atoms with Crippen LogP contribution in [0, 0.1) is 6.92 Å². The van der Waals surface area contributed by atoms with E-state index in [1.807, 2.05) is 31.2 Å². The topological polar surface area (TPSA) is 20.3 Å². The Labute approximate surface area is 145 Å². The summed E-state index contributed by atoms with van der Waals surface area (Å²) in [6.45, 7) is 1.94. The monoisotopic (exact) mass is 347 g/mol. The van der Waals surface area contributed by atoms with Crippen molar-refractivity contribution in [3.8, 4) is 0 Å². The minimum atomic E-state index is -4.41. The summed E-state index contributed by atoms with van der Waals surface area (Å²) in [6, 6.07) is 13.1. The van der Waals surface area contributed by atoms with E-state index >= 15 is 0 Å². The fourth-order valence-electron chi connectivity index (χ4n) is 3.00. The molecule has 0 spiro atoms. The van der Waals surface area contributed by atoms with E-state index in [-0.39, 0.29) is 30.5 Å². The number of amides is 1. The molecule has 0 radical (unpaired) electrons. The molecule has 1 aliphatic carbocycles. The average Bonchev–Trinajstić information content (AvgIpc) is 3.39. The molecule has 0 N–H and O–H groups in total. The second-order valence-electron chi connectivity index (χ2n) is 6.51. The van der Waals surface area contributed by atoms with Gasteiger partial charge in [-0.15, -0.1) is 0 Å². The first kappa shape index (κ1) is 17.5. The molecule has 2 aromatic carbocycles. The molecular weight excluding hydrogens is 327 g/mol. The molecular formula is C20H20F3NO. The Balaban J connectivity index is 1.81. The molecule has 1 amide bonds. The highest BCUT2D eigenvalue weighted by Gasteiger charge is 2.36. The lowest BCUT2D eigenvalue weighted by molar-refractivity contribution is -0.140. The zero-order valence-electron chi connectivity index (χ0n) is 14.0. The van der Waals surface area contributed by atoms with Crippen LogP contribution in [0.3, 0.4) is 0 Å². The molecule has 5 heteroatoms. The molecule has 0 saturated heterocycles. The van der Waals surface area contributed by atoms with Crippen molar-refractivity contribution in [2.24, 2.45) is 0 Å². The lowest BCUT2D eigenvalue weighted by atomic mass is 10.0. The largest absolute Gasteiger partial charge is 0.416 e. The Bertz CT molecular complexity index is 766. The Morgan fingerprint density at radius 2 is 1.64 bits per heavy atom. The van der Waals surface area contributed by atoms with E-state index in [0.717, 1.165) is 30.0 Å². The van der Waals surface area contributed by atoms with Crippen molar-refractivity contribution in [3.63, 3.8) is 0 Å². The fraction of sp³-hybridized carbons (Fsp3) is 0.350. The molecule has 3 rings (SSSR count). The molecule has 0 heterocycles. The highest BCUT2D eigenvalue weighted by Crippen LogP contribution is 2.35. The number of carbonyl (C=O) groups excluding carboxylic acids is 1. The van der Waals surface area contributed by atoms with Crippen molar-refractivity contribution < 1.29 is 18.0 Å². The van der Waals surface area contributed by atoms with Crippen molar-refractivity contribution in [1.82, 2.24) is 4.90 Å². The van der Waals surface area contributed by atoms with Gasteiger partial charge in [0.2, 0.25) is 5.91 Å². The summed E-state index contributed by atoms with van der Waals surface area (Å²) in [4.78, 5) is 14.4. The molecule has 25 heavy (non-hydrogen) atoms. The maximum atomic E-state index is 13.2. The van der Waals surface area contributed by atoms with Gasteiger partial charge >= 0.3 is 6.18 Å². The maximum absolute atomic E-state index is 13.2. The predicted octanol–water partition coefficient (Wildman–Crippen LogP) is 4.75. The smallest absolute Gasteiger partial charge is 0.335 e. The Kier molecular flexibility index (Phi) is 4.84. The lowest BCUT2D eigenvalue weighted by Crippen LogP contribution is -2.34. The first-order valence-corrected chi connectivity index (χ1v) is 8.35. The highest BCUT2D eigenvalue weighted by molar-refractivity contribution is 5.79. The molecule has 0 bridgehead atoms. The van der Waals surface area contributed by atoms with Crippen molar-refractivity contribution in [2.45, 2.75) is 44.9 Å². The van der Waals surface area contributed by atoms with E-state index < -0.39 is 11.7 Å². The molecule has 0 unspecified atom stereocenters. The van der Waals surface area contributed by atoms with E-state index in [2.05, 4.69) is 0 Å². The average molecular weight is 347 g/mol. The van der Waals surface area contributed by atoms with Crippen LogP contribution in [0.25, 0.3) is 0 Å². The highest BCUT2D eigenvalue weighted by atomic mass is 19.4. The van der Waals surface area contributed by atoms with Gasteiger partial charge in [-0.3, -0.25) is 4.79 Å². The maximum Gasteiger partial charge on any atom is 0.416 e. The van der Waals surface area contributed by atoms with Gasteiger partial charge in [0.1, 0.15) is 0 Å². The van der Waals surface area contributed by atoms with Crippen LogP contribution < -0.4 is 0 Å². The van der Waals surface area contributed by atoms with Crippen LogP contribution in [-0.2, 0) is 23.9 Å². The molecule has 132 valence electrons. The van der Waals surface area contributed by atoms with Crippen LogP contribution in [0.5, 0.6) is 0 Å². The SMILES string of the molecule is Cc1ccccc1CC(=O)N(Cc1ccccc1C(F)(F)F)C1CC1. The second-order valence-corrected chi connectivity index (χ2v) is 6.51. The standard InChI is InChI=1S/C20H20F3NO/c1-14-6-2-3-7-15(14)12-19(25)24(17-10-11-17)13-16-8-4-5-9-18(16)20(21,22)23/h2-9,17H,10-13H2,1H3. The molecule has 2 aromatic rings. The summed E-state index contributed by atoms with van der Waals surface area (Å²) in [5.74, 6) is -0.117. The van der Waals surface area contributed by atoms with Crippen molar-refractivity contribution in [1.29, 1.82) is 0 Å². The molecule has 0 aliphatic heterocycles. The van der Waals surface area contributed by atoms with E-state index in [4.69, 9.17) is 0 Å². The quantitative estimate of drug-likeness (QED) is 0.764. The number of nitrogens with zero attached hydrogens (tertiary/aromatic N) is 1. The van der Waals surface area contributed by atoms with E-state index in [0.29, 0.717) is 0 Å². The number of carbonyl (C=O) groups is 1. The van der Waals surface area contributed by atoms with Gasteiger partial charge in [-0.25, -0.2) is 0 Å². The van der Waals surface area contributed by atoms with Crippen LogP contribution in [-0.4, -0.2) is 16.8 Å². The number of hydrogen-bond donors (Lipinski definition) is 0. The Hall–Kier alpha value is -2.30. The first-order valence-electron chi connectivity index (χ1n) is 8.35. The number of alkyl halides is 3. The number of halogens is 3. The minimum Gasteiger partial charge on any atom is -0.335 e. The summed E-state index contributed by atoms with van der Waals surface area (Å²) >= 11 is 0. The summed E-state index contributed by atoms with van der Waals surface area (Å²) in [5, 5.41) is 0. The number of rotatable bonds is 5. The van der Waals surface area contributed by atoms with Gasteiger partial charge in [-0.05, 0) is 42.5 Å². The zero-order valence-corrected chi connectivity index (χ0v) is 14.0. The van der Waals surface area contributed by atoms with Crippen molar-refractivity contribution >= 4 is 5.91 Å². The number of hydrogen-bond acceptors (Lipinski definition) is 1. The second kappa shape index (κ2) is 6.90. The molecule has 1 fully saturated rings. The molecule has 0 aromatic heterocycles. The Morgan fingerprint density at radius 3 is 2.24 bits per heavy atom. The molecule has 1 saturated carbocycles. The van der Waals surface area contributed by atoms with Crippen molar-refractivity contribution in [2.75, 3.05) is 0 Å². The lowest BCUT2D eigenvalue weighted by Gasteiger charge is -2.25. The van der Waals surface area contributed by atoms with E-state index in [9.17, 15) is 18.0 Å². The van der Waals surface area contributed by atoms with Gasteiger partial charge in [0.05, 0.1) is 12.0 Å². The van der Waals surface area contributed by atoms with Crippen LogP contribution >= 0.6 is 0 Å². The van der Waals surface area contributed by atoms with Gasteiger partial charge in [0.15, 0.2) is 0 Å². The third-order valence-electron chi connectivity index (χ3n) is 4.57. The van der Waals surface area contributed by atoms with Gasteiger partial charge < -0.3 is 4.90 Å². The van der Waals surface area contributed by atoms with Gasteiger partial charge in [-0.2, -0.15) is 13.2 Å². The Morgan fingerprint density at radius 1 is 1.04 bits per heavy atom. The van der Waals surface area contributed by atoms with Crippen LogP contribution in [0.1, 0.15) is 35.1 Å². The summed E-state index contributed by atoms with van der Waals surface area (Å²) < 4.78 is 39.6. The van der Waals surface area contributed by atoms with Crippen LogP contribution in [0.2, 0.25) is 0 Å². The summed E-state index contributed by atoms with van der Waals surface area (Å²) in [7, 11) is 0. The predicted molar refractivity (Wildman–Crippen MR) is 89.9 cm³/mol. The number of benzene rings is 2. The van der Waals surface area contributed by atoms with Gasteiger partial charge in [-0.1, -0.05) is 42.5 Å². The van der Waals surface area contributed by atoms with E-state index in [1.54, 1.807) is 11.0 Å². The third-order valence-corrected chi connectivity index (χ3v) is 4.57. The van der Waals surface area contributed by atoms with Gasteiger partial charge in [0.25, 0.3) is 0 Å². The number of aryl methyl sites for hydroxylation is 1. The summed E-state index contributed by atoms with van der Waals surface area (Å²) in [6.07, 6.45) is -2.48. The zero-order chi connectivity index (χ0) is 18.0. The van der Waals surface area contributed by atoms with Gasteiger partial charge in [0, 0.05) is 12.6 Å². The first-order chi connectivity index (χ1) is 11.9. The van der Waals surface area contributed by atoms with Crippen LogP contribution in [0.15, 0.2) is 48.5 Å². The molecule has 2 nitrogen and oxygen atoms in total. The van der Waals surface area contributed by atoms with E-state index in [1.165, 1.54) is 12.1 Å². The third kappa shape index (κ3) is 4.21. The van der Waals surface area contributed by atoms with Crippen LogP contribution in [0.4, 0.5) is 13.2 Å². The summed E-state index contributed by atoms with van der Waals surface area (Å²) in [5.41, 5.74) is 1.42. The fourth-order valence-corrected chi connectivity index (χ4v) is 3.00. The normalized spacial score (nSPS) is 14.4. The minimum absolute atomic E-state index is 0.00502.